The molecule has 36 heavy (non-hydrogen) atoms. The zero-order valence-corrected chi connectivity index (χ0v) is 22.1. The van der Waals surface area contributed by atoms with Gasteiger partial charge in [0.05, 0.1) is 12.7 Å². The Bertz CT molecular complexity index is 972. The van der Waals surface area contributed by atoms with Gasteiger partial charge >= 0.3 is 0 Å². The number of benzene rings is 2. The smallest absolute Gasteiger partial charge is 0.164 e. The molecule has 2 aromatic rings. The molecule has 0 atom stereocenters. The molecule has 0 radical (unpaired) electrons. The predicted octanol–water partition coefficient (Wildman–Crippen LogP) is 9.76. The Balaban J connectivity index is 1.27. The molecule has 198 valence electrons. The molecule has 0 spiro atoms. The summed E-state index contributed by atoms with van der Waals surface area (Å²) >= 11 is 0. The molecule has 4 heteroatoms. The van der Waals surface area contributed by atoms with Crippen LogP contribution in [-0.2, 0) is 17.8 Å². The minimum absolute atomic E-state index is 0.00381. The van der Waals surface area contributed by atoms with Gasteiger partial charge in [-0.2, -0.15) is 0 Å². The van der Waals surface area contributed by atoms with Crippen molar-refractivity contribution >= 4 is 0 Å². The summed E-state index contributed by atoms with van der Waals surface area (Å²) in [4.78, 5) is 0. The fourth-order valence-electron chi connectivity index (χ4n) is 6.39. The van der Waals surface area contributed by atoms with Gasteiger partial charge in [-0.3, -0.25) is 0 Å². The van der Waals surface area contributed by atoms with Gasteiger partial charge in [0.2, 0.25) is 0 Å². The van der Waals surface area contributed by atoms with E-state index in [-0.39, 0.29) is 30.4 Å². The van der Waals surface area contributed by atoms with Crippen LogP contribution in [0.4, 0.5) is 13.2 Å². The summed E-state index contributed by atoms with van der Waals surface area (Å²) < 4.78 is 50.6. The van der Waals surface area contributed by atoms with Crippen LogP contribution in [0.2, 0.25) is 0 Å². The van der Waals surface area contributed by atoms with Gasteiger partial charge < -0.3 is 4.74 Å². The van der Waals surface area contributed by atoms with Crippen molar-refractivity contribution < 1.29 is 17.9 Å². The molecule has 0 amide bonds. The first-order valence-electron chi connectivity index (χ1n) is 14.4. The van der Waals surface area contributed by atoms with E-state index in [4.69, 9.17) is 4.74 Å². The molecule has 1 nitrogen and oxygen atoms in total. The van der Waals surface area contributed by atoms with E-state index in [1.54, 1.807) is 18.2 Å². The van der Waals surface area contributed by atoms with Gasteiger partial charge in [-0.05, 0) is 105 Å². The van der Waals surface area contributed by atoms with E-state index in [2.05, 4.69) is 19.9 Å². The normalized spacial score (nSPS) is 24.7. The van der Waals surface area contributed by atoms with Crippen LogP contribution in [0.25, 0.3) is 0 Å². The third kappa shape index (κ3) is 6.73. The van der Waals surface area contributed by atoms with Crippen LogP contribution in [0, 0.1) is 23.4 Å². The maximum absolute atomic E-state index is 15.0. The van der Waals surface area contributed by atoms with Gasteiger partial charge in [0.25, 0.3) is 0 Å². The largest absolute Gasteiger partial charge is 0.373 e. The third-order valence-electron chi connectivity index (χ3n) is 8.65. The van der Waals surface area contributed by atoms with Crippen molar-refractivity contribution in [3.63, 3.8) is 0 Å². The average molecular weight is 501 g/mol. The lowest BCUT2D eigenvalue weighted by Crippen LogP contribution is -2.21. The van der Waals surface area contributed by atoms with Gasteiger partial charge in [-0.25, -0.2) is 13.2 Å². The summed E-state index contributed by atoms with van der Waals surface area (Å²) in [5, 5.41) is 0. The van der Waals surface area contributed by atoms with Gasteiger partial charge in [-0.1, -0.05) is 57.4 Å². The van der Waals surface area contributed by atoms with E-state index in [1.165, 1.54) is 12.8 Å². The number of hydrogen-bond acceptors (Lipinski definition) is 1. The number of hydrogen-bond donors (Lipinski definition) is 0. The summed E-state index contributed by atoms with van der Waals surface area (Å²) in [6.45, 7) is 4.44. The Hall–Kier alpha value is -1.81. The Morgan fingerprint density at radius 1 is 0.750 bits per heavy atom. The van der Waals surface area contributed by atoms with Gasteiger partial charge in [0.15, 0.2) is 11.6 Å². The summed E-state index contributed by atoms with van der Waals surface area (Å²) in [6.07, 6.45) is 13.0. The predicted molar refractivity (Wildman–Crippen MR) is 141 cm³/mol. The number of ether oxygens (including phenoxy) is 1. The summed E-state index contributed by atoms with van der Waals surface area (Å²) in [5.41, 5.74) is 2.71. The molecule has 2 aliphatic carbocycles. The molecule has 0 heterocycles. The first-order valence-corrected chi connectivity index (χ1v) is 14.4. The number of unbranched alkanes of at least 4 members (excludes halogenated alkanes) is 1. The van der Waals surface area contributed by atoms with Crippen LogP contribution in [0.3, 0.4) is 0 Å². The fraction of sp³-hybridized carbons (Fsp3) is 0.625. The van der Waals surface area contributed by atoms with Crippen molar-refractivity contribution in [2.24, 2.45) is 5.92 Å². The van der Waals surface area contributed by atoms with Crippen molar-refractivity contribution in [3.05, 3.63) is 70.0 Å². The Morgan fingerprint density at radius 3 is 2.08 bits per heavy atom. The van der Waals surface area contributed by atoms with E-state index >= 15 is 0 Å². The minimum atomic E-state index is -0.748. The quantitative estimate of drug-likeness (QED) is 0.315. The Morgan fingerprint density at radius 2 is 1.42 bits per heavy atom. The highest BCUT2D eigenvalue weighted by molar-refractivity contribution is 5.30. The van der Waals surface area contributed by atoms with E-state index < -0.39 is 11.6 Å². The molecule has 2 fully saturated rings. The molecular weight excluding hydrogens is 457 g/mol. The lowest BCUT2D eigenvalue weighted by molar-refractivity contribution is 0.0116. The van der Waals surface area contributed by atoms with Gasteiger partial charge in [-0.15, -0.1) is 0 Å². The third-order valence-corrected chi connectivity index (χ3v) is 8.65. The van der Waals surface area contributed by atoms with E-state index in [0.29, 0.717) is 11.1 Å². The zero-order chi connectivity index (χ0) is 25.5. The highest BCUT2D eigenvalue weighted by atomic mass is 19.2. The zero-order valence-electron chi connectivity index (χ0n) is 22.1. The summed E-state index contributed by atoms with van der Waals surface area (Å²) in [6, 6.07) is 9.22. The van der Waals surface area contributed by atoms with Crippen molar-refractivity contribution in [2.75, 3.05) is 0 Å². The second kappa shape index (κ2) is 13.1. The Labute approximate surface area is 215 Å². The summed E-state index contributed by atoms with van der Waals surface area (Å²) in [5.74, 6) is -0.461. The van der Waals surface area contributed by atoms with Crippen LogP contribution in [-0.4, -0.2) is 6.10 Å². The first-order chi connectivity index (χ1) is 17.5. The summed E-state index contributed by atoms with van der Waals surface area (Å²) in [7, 11) is 0. The maximum Gasteiger partial charge on any atom is 0.164 e. The van der Waals surface area contributed by atoms with Crippen molar-refractivity contribution in [3.8, 4) is 0 Å². The van der Waals surface area contributed by atoms with Crippen LogP contribution >= 0.6 is 0 Å². The fourth-order valence-corrected chi connectivity index (χ4v) is 6.39. The molecule has 4 rings (SSSR count). The first kappa shape index (κ1) is 27.2. The maximum atomic E-state index is 15.0. The van der Waals surface area contributed by atoms with Crippen LogP contribution < -0.4 is 0 Å². The van der Waals surface area contributed by atoms with Crippen molar-refractivity contribution in [1.29, 1.82) is 0 Å². The second-order valence-electron chi connectivity index (χ2n) is 11.2. The van der Waals surface area contributed by atoms with E-state index in [1.807, 2.05) is 6.07 Å². The standard InChI is InChI=1S/C32H43F3O/c1-3-5-7-23-10-18-28(30(33)20-23)24-13-16-27(17-14-24)36-21-26-15-19-29(32(35)31(26)34)25-11-8-22(6-4-2)9-12-25/h10,15,18-20,22,24-25,27H,3-9,11-14,16-17,21H2,1-2H3. The lowest BCUT2D eigenvalue weighted by atomic mass is 9.77. The molecule has 2 aromatic carbocycles. The molecule has 0 unspecified atom stereocenters. The SMILES string of the molecule is CCCCc1ccc(C2CCC(OCc3ccc(C4CCC(CCC)CC4)c(F)c3F)CC2)c(F)c1. The molecule has 2 aliphatic rings. The molecule has 2 saturated carbocycles. The highest BCUT2D eigenvalue weighted by Gasteiger charge is 2.28. The Kier molecular flexibility index (Phi) is 9.93. The van der Waals surface area contributed by atoms with Crippen LogP contribution in [0.1, 0.15) is 125 Å². The molecule has 0 bridgehead atoms. The lowest BCUT2D eigenvalue weighted by Gasteiger charge is -2.30. The molecule has 0 aromatic heterocycles. The average Bonchev–Trinajstić information content (AvgIpc) is 2.90. The second-order valence-corrected chi connectivity index (χ2v) is 11.2. The highest BCUT2D eigenvalue weighted by Crippen LogP contribution is 2.40. The van der Waals surface area contributed by atoms with Crippen molar-refractivity contribution in [2.45, 2.75) is 122 Å². The van der Waals surface area contributed by atoms with E-state index in [9.17, 15) is 13.2 Å². The van der Waals surface area contributed by atoms with E-state index in [0.717, 1.165) is 87.7 Å². The molecule has 0 aliphatic heterocycles. The molecular formula is C32H43F3O. The topological polar surface area (TPSA) is 9.23 Å². The number of halogens is 3. The van der Waals surface area contributed by atoms with Gasteiger partial charge in [0, 0.05) is 5.56 Å². The van der Waals surface area contributed by atoms with Crippen LogP contribution in [0.5, 0.6) is 0 Å². The molecule has 0 N–H and O–H groups in total. The number of rotatable bonds is 10. The minimum Gasteiger partial charge on any atom is -0.373 e. The van der Waals surface area contributed by atoms with Gasteiger partial charge in [0.1, 0.15) is 5.82 Å². The molecule has 0 saturated heterocycles. The van der Waals surface area contributed by atoms with Crippen LogP contribution in [0.15, 0.2) is 30.3 Å². The number of aryl methyl sites for hydroxylation is 1. The van der Waals surface area contributed by atoms with Crippen molar-refractivity contribution in [1.82, 2.24) is 0 Å². The monoisotopic (exact) mass is 500 g/mol.